The molecule has 21 heavy (non-hydrogen) atoms. The SMILES string of the molecule is CCOC(=O)C(CN)c1ccccc1C.O=C(O)C(=O)O. The Morgan fingerprint density at radius 1 is 1.19 bits per heavy atom. The van der Waals surface area contributed by atoms with E-state index in [0.29, 0.717) is 6.61 Å². The Labute approximate surface area is 122 Å². The van der Waals surface area contributed by atoms with Crippen molar-refractivity contribution >= 4 is 17.9 Å². The maximum Gasteiger partial charge on any atom is 0.414 e. The largest absolute Gasteiger partial charge is 0.473 e. The molecule has 4 N–H and O–H groups in total. The number of carbonyl (C=O) groups is 3. The maximum absolute atomic E-state index is 11.6. The van der Waals surface area contributed by atoms with Gasteiger partial charge in [0, 0.05) is 6.54 Å². The van der Waals surface area contributed by atoms with E-state index in [4.69, 9.17) is 30.3 Å². The van der Waals surface area contributed by atoms with E-state index in [2.05, 4.69) is 0 Å². The van der Waals surface area contributed by atoms with E-state index in [9.17, 15) is 4.79 Å². The number of hydrogen-bond acceptors (Lipinski definition) is 5. The number of nitrogens with two attached hydrogens (primary N) is 1. The lowest BCUT2D eigenvalue weighted by atomic mass is 9.95. The van der Waals surface area contributed by atoms with Gasteiger partial charge in [0.05, 0.1) is 12.5 Å². The Bertz CT molecular complexity index is 488. The van der Waals surface area contributed by atoms with E-state index in [0.717, 1.165) is 11.1 Å². The average molecular weight is 297 g/mol. The fraction of sp³-hybridized carbons (Fsp3) is 0.357. The number of esters is 1. The molecule has 1 atom stereocenters. The molecular formula is C14H19NO6. The molecule has 0 saturated heterocycles. The zero-order chi connectivity index (χ0) is 16.4. The van der Waals surface area contributed by atoms with Crippen molar-refractivity contribution in [3.05, 3.63) is 35.4 Å². The minimum Gasteiger partial charge on any atom is -0.473 e. The van der Waals surface area contributed by atoms with Crippen LogP contribution in [-0.4, -0.2) is 41.3 Å². The minimum atomic E-state index is -1.82. The van der Waals surface area contributed by atoms with Crippen LogP contribution in [0.15, 0.2) is 24.3 Å². The van der Waals surface area contributed by atoms with Crippen LogP contribution in [0.25, 0.3) is 0 Å². The fourth-order valence-electron chi connectivity index (χ4n) is 1.57. The van der Waals surface area contributed by atoms with Gasteiger partial charge < -0.3 is 20.7 Å². The van der Waals surface area contributed by atoms with Gasteiger partial charge in [-0.2, -0.15) is 0 Å². The highest BCUT2D eigenvalue weighted by Gasteiger charge is 2.21. The van der Waals surface area contributed by atoms with Crippen molar-refractivity contribution in [3.63, 3.8) is 0 Å². The van der Waals surface area contributed by atoms with Crippen LogP contribution in [0, 0.1) is 6.92 Å². The number of carbonyl (C=O) groups excluding carboxylic acids is 1. The molecular weight excluding hydrogens is 278 g/mol. The third-order valence-corrected chi connectivity index (χ3v) is 2.55. The van der Waals surface area contributed by atoms with Crippen molar-refractivity contribution in [1.29, 1.82) is 0 Å². The molecule has 1 rings (SSSR count). The highest BCUT2D eigenvalue weighted by molar-refractivity contribution is 6.27. The number of aliphatic carboxylic acids is 2. The van der Waals surface area contributed by atoms with Crippen LogP contribution in [0.3, 0.4) is 0 Å². The number of rotatable bonds is 4. The lowest BCUT2D eigenvalue weighted by Gasteiger charge is -2.15. The molecule has 7 nitrogen and oxygen atoms in total. The van der Waals surface area contributed by atoms with Crippen molar-refractivity contribution < 1.29 is 29.3 Å². The zero-order valence-electron chi connectivity index (χ0n) is 11.9. The second-order valence-electron chi connectivity index (χ2n) is 4.01. The van der Waals surface area contributed by atoms with Crippen LogP contribution in [0.5, 0.6) is 0 Å². The maximum atomic E-state index is 11.6. The summed E-state index contributed by atoms with van der Waals surface area (Å²) < 4.78 is 4.99. The highest BCUT2D eigenvalue weighted by Crippen LogP contribution is 2.19. The smallest absolute Gasteiger partial charge is 0.414 e. The Balaban J connectivity index is 0.000000567. The van der Waals surface area contributed by atoms with Gasteiger partial charge in [-0.05, 0) is 25.0 Å². The van der Waals surface area contributed by atoms with E-state index in [1.54, 1.807) is 6.92 Å². The van der Waals surface area contributed by atoms with Crippen LogP contribution in [0.4, 0.5) is 0 Å². The quantitative estimate of drug-likeness (QED) is 0.553. The van der Waals surface area contributed by atoms with Gasteiger partial charge in [-0.25, -0.2) is 9.59 Å². The monoisotopic (exact) mass is 297 g/mol. The summed E-state index contributed by atoms with van der Waals surface area (Å²) in [6.45, 7) is 4.44. The molecule has 0 bridgehead atoms. The zero-order valence-corrected chi connectivity index (χ0v) is 11.9. The van der Waals surface area contributed by atoms with Gasteiger partial charge in [-0.1, -0.05) is 24.3 Å². The third kappa shape index (κ3) is 6.53. The molecule has 1 unspecified atom stereocenters. The first-order chi connectivity index (χ1) is 9.84. The Morgan fingerprint density at radius 3 is 2.10 bits per heavy atom. The number of ether oxygens (including phenoxy) is 1. The molecule has 0 fully saturated rings. The molecule has 0 amide bonds. The topological polar surface area (TPSA) is 127 Å². The number of carboxylic acids is 2. The van der Waals surface area contributed by atoms with E-state index < -0.39 is 11.9 Å². The van der Waals surface area contributed by atoms with Crippen molar-refractivity contribution in [2.75, 3.05) is 13.2 Å². The second kappa shape index (κ2) is 9.49. The van der Waals surface area contributed by atoms with E-state index in [1.165, 1.54) is 0 Å². The first-order valence-corrected chi connectivity index (χ1v) is 6.23. The molecule has 116 valence electrons. The third-order valence-electron chi connectivity index (χ3n) is 2.55. The predicted octanol–water partition coefficient (Wildman–Crippen LogP) is 0.756. The molecule has 0 heterocycles. The number of aryl methyl sites for hydroxylation is 1. The van der Waals surface area contributed by atoms with Gasteiger partial charge >= 0.3 is 17.9 Å². The van der Waals surface area contributed by atoms with E-state index >= 15 is 0 Å². The molecule has 1 aromatic rings. The van der Waals surface area contributed by atoms with Crippen molar-refractivity contribution in [1.82, 2.24) is 0 Å². The Kier molecular flexibility index (Phi) is 8.40. The van der Waals surface area contributed by atoms with E-state index in [-0.39, 0.29) is 18.4 Å². The Morgan fingerprint density at radius 2 is 1.71 bits per heavy atom. The molecule has 0 radical (unpaired) electrons. The van der Waals surface area contributed by atoms with Crippen LogP contribution in [-0.2, 0) is 19.1 Å². The van der Waals surface area contributed by atoms with Gasteiger partial charge in [-0.3, -0.25) is 4.79 Å². The summed E-state index contributed by atoms with van der Waals surface area (Å²) in [5, 5.41) is 14.8. The second-order valence-corrected chi connectivity index (χ2v) is 4.01. The van der Waals surface area contributed by atoms with Gasteiger partial charge in [0.15, 0.2) is 0 Å². The summed E-state index contributed by atoms with van der Waals surface area (Å²) in [7, 11) is 0. The summed E-state index contributed by atoms with van der Waals surface area (Å²) in [6, 6.07) is 7.74. The van der Waals surface area contributed by atoms with Crippen LogP contribution < -0.4 is 5.73 Å². The molecule has 7 heteroatoms. The van der Waals surface area contributed by atoms with Gasteiger partial charge in [0.1, 0.15) is 0 Å². The van der Waals surface area contributed by atoms with Crippen LogP contribution >= 0.6 is 0 Å². The molecule has 0 aliphatic heterocycles. The molecule has 0 aliphatic carbocycles. The van der Waals surface area contributed by atoms with Crippen LogP contribution in [0.1, 0.15) is 24.0 Å². The predicted molar refractivity (Wildman–Crippen MR) is 74.9 cm³/mol. The first kappa shape index (κ1) is 18.6. The first-order valence-electron chi connectivity index (χ1n) is 6.23. The van der Waals surface area contributed by atoms with Gasteiger partial charge in [0.25, 0.3) is 0 Å². The van der Waals surface area contributed by atoms with Gasteiger partial charge in [-0.15, -0.1) is 0 Å². The summed E-state index contributed by atoms with van der Waals surface area (Å²) in [5.41, 5.74) is 7.63. The fourth-order valence-corrected chi connectivity index (χ4v) is 1.57. The minimum absolute atomic E-state index is 0.241. The summed E-state index contributed by atoms with van der Waals surface area (Å²) in [5.74, 6) is -4.23. The number of hydrogen-bond donors (Lipinski definition) is 3. The highest BCUT2D eigenvalue weighted by atomic mass is 16.5. The average Bonchev–Trinajstić information content (AvgIpc) is 2.42. The molecule has 0 spiro atoms. The van der Waals surface area contributed by atoms with Crippen molar-refractivity contribution in [2.24, 2.45) is 5.73 Å². The normalized spacial score (nSPS) is 10.8. The van der Waals surface area contributed by atoms with Gasteiger partial charge in [0.2, 0.25) is 0 Å². The lowest BCUT2D eigenvalue weighted by Crippen LogP contribution is -2.24. The summed E-state index contributed by atoms with van der Waals surface area (Å²) >= 11 is 0. The lowest BCUT2D eigenvalue weighted by molar-refractivity contribution is -0.159. The Hall–Kier alpha value is -2.41. The van der Waals surface area contributed by atoms with E-state index in [1.807, 2.05) is 31.2 Å². The number of carboxylic acid groups (broad SMARTS) is 2. The summed E-state index contributed by atoms with van der Waals surface area (Å²) in [4.78, 5) is 29.8. The van der Waals surface area contributed by atoms with Crippen molar-refractivity contribution in [3.8, 4) is 0 Å². The number of benzene rings is 1. The van der Waals surface area contributed by atoms with Crippen LogP contribution in [0.2, 0.25) is 0 Å². The molecule has 0 aliphatic rings. The van der Waals surface area contributed by atoms with Crippen molar-refractivity contribution in [2.45, 2.75) is 19.8 Å². The summed E-state index contributed by atoms with van der Waals surface area (Å²) in [6.07, 6.45) is 0. The molecule has 1 aromatic carbocycles. The molecule has 0 aromatic heterocycles. The molecule has 0 saturated carbocycles. The standard InChI is InChI=1S/C12H17NO2.C2H2O4/c1-3-15-12(14)11(8-13)10-7-5-4-6-9(10)2;3-1(4)2(5)6/h4-7,11H,3,8,13H2,1-2H3;(H,3,4)(H,5,6).